The lowest BCUT2D eigenvalue weighted by molar-refractivity contribution is 1.46. The summed E-state index contributed by atoms with van der Waals surface area (Å²) in [5.41, 5.74) is 5.47. The van der Waals surface area contributed by atoms with E-state index in [-0.39, 0.29) is 0 Å². The minimum atomic E-state index is 0.447. The molecule has 0 aromatic heterocycles. The van der Waals surface area contributed by atoms with Crippen LogP contribution < -0.4 is 0 Å². The number of hydrogen-bond acceptors (Lipinski definition) is 2. The molecule has 2 nitrogen and oxygen atoms in total. The molecule has 0 unspecified atom stereocenters. The van der Waals surface area contributed by atoms with Crippen LogP contribution in [-0.4, -0.2) is 0 Å². The van der Waals surface area contributed by atoms with Crippen LogP contribution in [0.4, 0.5) is 0 Å². The predicted octanol–water partition coefficient (Wildman–Crippen LogP) is 6.52. The summed E-state index contributed by atoms with van der Waals surface area (Å²) in [5, 5.41) is 23.0. The summed E-state index contributed by atoms with van der Waals surface area (Å²) in [5.74, 6) is 0. The van der Waals surface area contributed by atoms with Gasteiger partial charge in [0.2, 0.25) is 0 Å². The lowest BCUT2D eigenvalue weighted by Crippen LogP contribution is -1.92. The Bertz CT molecular complexity index is 1330. The van der Waals surface area contributed by atoms with E-state index in [9.17, 15) is 10.5 Å². The highest BCUT2D eigenvalue weighted by atomic mass is 14.3. The van der Waals surface area contributed by atoms with Gasteiger partial charge >= 0.3 is 0 Å². The van der Waals surface area contributed by atoms with Crippen molar-refractivity contribution in [1.82, 2.24) is 0 Å². The van der Waals surface area contributed by atoms with Gasteiger partial charge in [-0.05, 0) is 41.8 Å². The Morgan fingerprint density at radius 3 is 1.71 bits per heavy atom. The van der Waals surface area contributed by atoms with Crippen molar-refractivity contribution in [3.63, 3.8) is 0 Å². The van der Waals surface area contributed by atoms with Gasteiger partial charge in [0.25, 0.3) is 0 Å². The highest BCUT2D eigenvalue weighted by molar-refractivity contribution is 6.13. The fourth-order valence-electron chi connectivity index (χ4n) is 3.58. The van der Waals surface area contributed by atoms with Crippen LogP contribution in [-0.2, 0) is 0 Å². The summed E-state index contributed by atoms with van der Waals surface area (Å²) < 4.78 is 0. The minimum Gasteiger partial charge on any atom is -0.192 e. The van der Waals surface area contributed by atoms with Gasteiger partial charge in [0.15, 0.2) is 0 Å². The molecule has 28 heavy (non-hydrogen) atoms. The summed E-state index contributed by atoms with van der Waals surface area (Å²) in [6, 6.07) is 24.9. The van der Waals surface area contributed by atoms with Crippen molar-refractivity contribution >= 4 is 33.7 Å². The van der Waals surface area contributed by atoms with E-state index in [0.717, 1.165) is 38.2 Å². The molecule has 132 valence electrons. The maximum Gasteiger partial charge on any atom is 0.101 e. The van der Waals surface area contributed by atoms with Crippen LogP contribution in [0.5, 0.6) is 0 Å². The number of aryl methyl sites for hydroxylation is 2. The molecular formula is C26H18N2. The molecule has 0 N–H and O–H groups in total. The van der Waals surface area contributed by atoms with Crippen molar-refractivity contribution in [2.24, 2.45) is 0 Å². The predicted molar refractivity (Wildman–Crippen MR) is 116 cm³/mol. The van der Waals surface area contributed by atoms with Gasteiger partial charge in [-0.25, -0.2) is 0 Å². The highest BCUT2D eigenvalue weighted by Crippen LogP contribution is 2.34. The smallest absolute Gasteiger partial charge is 0.101 e. The first-order valence-corrected chi connectivity index (χ1v) is 9.16. The number of fused-ring (bicyclic) bond motifs is 3. The molecule has 0 bridgehead atoms. The van der Waals surface area contributed by atoms with Gasteiger partial charge < -0.3 is 0 Å². The van der Waals surface area contributed by atoms with Gasteiger partial charge in [-0.1, -0.05) is 77.9 Å². The van der Waals surface area contributed by atoms with Crippen LogP contribution in [0.2, 0.25) is 0 Å². The van der Waals surface area contributed by atoms with Gasteiger partial charge in [0.1, 0.15) is 12.1 Å². The average Bonchev–Trinajstić information content (AvgIpc) is 2.72. The van der Waals surface area contributed by atoms with Gasteiger partial charge in [-0.2, -0.15) is 10.5 Å². The molecule has 0 aliphatic carbocycles. The Balaban J connectivity index is 1.95. The first-order chi connectivity index (χ1) is 13.6. The van der Waals surface area contributed by atoms with Crippen LogP contribution in [0, 0.1) is 36.5 Å². The Labute approximate surface area is 164 Å². The molecule has 0 atom stereocenters. The van der Waals surface area contributed by atoms with E-state index >= 15 is 0 Å². The quantitative estimate of drug-likeness (QED) is 0.302. The maximum absolute atomic E-state index is 9.69. The summed E-state index contributed by atoms with van der Waals surface area (Å²) in [6.07, 6.45) is 4.17. The van der Waals surface area contributed by atoms with Crippen molar-refractivity contribution < 1.29 is 0 Å². The van der Waals surface area contributed by atoms with Crippen LogP contribution in [0.15, 0.2) is 60.7 Å². The second-order valence-corrected chi connectivity index (χ2v) is 7.07. The first-order valence-electron chi connectivity index (χ1n) is 9.16. The molecule has 0 saturated heterocycles. The topological polar surface area (TPSA) is 47.6 Å². The summed E-state index contributed by atoms with van der Waals surface area (Å²) in [6.45, 7) is 4.11. The Kier molecular flexibility index (Phi) is 4.40. The summed E-state index contributed by atoms with van der Waals surface area (Å²) in [7, 11) is 0. The molecule has 4 rings (SSSR count). The van der Waals surface area contributed by atoms with E-state index in [0.29, 0.717) is 11.1 Å². The minimum absolute atomic E-state index is 0.447. The van der Waals surface area contributed by atoms with Crippen molar-refractivity contribution in [3.8, 4) is 12.1 Å². The SMILES string of the molecule is Cc1ccc(C=Cc2ccc3c(C#N)c(C#N)c4ccc(C)cc4c3c2)cc1. The van der Waals surface area contributed by atoms with Crippen LogP contribution in [0.1, 0.15) is 33.4 Å². The standard InChI is InChI=1S/C26H18N2/c1-17-3-6-19(7-4-17)8-9-20-10-12-22-24(14-20)23-13-18(2)5-11-21(23)25(15-27)26(22)16-28/h3-14H,1-2H3. The van der Waals surface area contributed by atoms with E-state index in [2.05, 4.69) is 67.6 Å². The zero-order valence-corrected chi connectivity index (χ0v) is 15.8. The molecule has 0 aliphatic rings. The Morgan fingerprint density at radius 1 is 0.571 bits per heavy atom. The monoisotopic (exact) mass is 358 g/mol. The molecule has 0 fully saturated rings. The fourth-order valence-corrected chi connectivity index (χ4v) is 3.58. The molecule has 0 heterocycles. The van der Waals surface area contributed by atoms with Crippen molar-refractivity contribution in [1.29, 1.82) is 10.5 Å². The molecule has 0 spiro atoms. The first kappa shape index (κ1) is 17.5. The number of nitrogens with zero attached hydrogens (tertiary/aromatic N) is 2. The lowest BCUT2D eigenvalue weighted by atomic mass is 9.91. The third-order valence-corrected chi connectivity index (χ3v) is 5.07. The van der Waals surface area contributed by atoms with Gasteiger partial charge in [-0.3, -0.25) is 0 Å². The molecule has 0 radical (unpaired) electrons. The van der Waals surface area contributed by atoms with Crippen LogP contribution in [0.25, 0.3) is 33.7 Å². The van der Waals surface area contributed by atoms with E-state index < -0.39 is 0 Å². The zero-order valence-electron chi connectivity index (χ0n) is 15.8. The van der Waals surface area contributed by atoms with Crippen molar-refractivity contribution in [3.05, 3.63) is 94.0 Å². The summed E-state index contributed by atoms with van der Waals surface area (Å²) >= 11 is 0. The largest absolute Gasteiger partial charge is 0.192 e. The number of nitriles is 2. The Morgan fingerprint density at radius 2 is 1.07 bits per heavy atom. The molecule has 0 amide bonds. The average molecular weight is 358 g/mol. The second kappa shape index (κ2) is 7.03. The van der Waals surface area contributed by atoms with E-state index in [4.69, 9.17) is 0 Å². The fraction of sp³-hybridized carbons (Fsp3) is 0.0769. The normalized spacial score (nSPS) is 11.0. The van der Waals surface area contributed by atoms with Gasteiger partial charge in [0.05, 0.1) is 11.1 Å². The van der Waals surface area contributed by atoms with Crippen molar-refractivity contribution in [2.75, 3.05) is 0 Å². The number of benzene rings is 4. The molecule has 0 saturated carbocycles. The number of hydrogen-bond donors (Lipinski definition) is 0. The molecule has 4 aromatic carbocycles. The van der Waals surface area contributed by atoms with E-state index in [1.807, 2.05) is 31.2 Å². The van der Waals surface area contributed by atoms with Gasteiger partial charge in [0, 0.05) is 10.8 Å². The second-order valence-electron chi connectivity index (χ2n) is 7.07. The van der Waals surface area contributed by atoms with E-state index in [1.54, 1.807) is 0 Å². The highest BCUT2D eigenvalue weighted by Gasteiger charge is 2.14. The summed E-state index contributed by atoms with van der Waals surface area (Å²) in [4.78, 5) is 0. The molecule has 4 aromatic rings. The third kappa shape index (κ3) is 3.02. The van der Waals surface area contributed by atoms with Crippen LogP contribution >= 0.6 is 0 Å². The zero-order chi connectivity index (χ0) is 19.7. The third-order valence-electron chi connectivity index (χ3n) is 5.07. The van der Waals surface area contributed by atoms with Gasteiger partial charge in [-0.15, -0.1) is 0 Å². The molecular weight excluding hydrogens is 340 g/mol. The maximum atomic E-state index is 9.69. The Hall–Kier alpha value is -3.88. The van der Waals surface area contributed by atoms with Crippen molar-refractivity contribution in [2.45, 2.75) is 13.8 Å². The van der Waals surface area contributed by atoms with Crippen LogP contribution in [0.3, 0.4) is 0 Å². The van der Waals surface area contributed by atoms with E-state index in [1.165, 1.54) is 5.56 Å². The molecule has 2 heteroatoms. The lowest BCUT2D eigenvalue weighted by Gasteiger charge is -2.10. The molecule has 0 aliphatic heterocycles. The number of rotatable bonds is 2.